The molecule has 1 saturated heterocycles. The van der Waals surface area contributed by atoms with Crippen molar-refractivity contribution in [2.75, 3.05) is 31.1 Å². The minimum absolute atomic E-state index is 0.330. The molecule has 0 radical (unpaired) electrons. The Labute approximate surface area is 106 Å². The van der Waals surface area contributed by atoms with Gasteiger partial charge in [-0.15, -0.1) is 0 Å². The molecule has 0 aromatic rings. The molecule has 0 aromatic carbocycles. The summed E-state index contributed by atoms with van der Waals surface area (Å²) in [5.41, 5.74) is 5.01. The predicted molar refractivity (Wildman–Crippen MR) is 62.3 cm³/mol. The Morgan fingerprint density at radius 3 is 2.33 bits per heavy atom. The molecule has 18 heavy (non-hydrogen) atoms. The van der Waals surface area contributed by atoms with Crippen LogP contribution in [0.15, 0.2) is 0 Å². The zero-order valence-corrected chi connectivity index (χ0v) is 10.7. The fourth-order valence-electron chi connectivity index (χ4n) is 1.78. The number of rotatable bonds is 5. The first kappa shape index (κ1) is 15.4. The first-order chi connectivity index (χ1) is 8.34. The molecule has 0 spiro atoms. The van der Waals surface area contributed by atoms with E-state index >= 15 is 0 Å². The number of carbonyl (C=O) groups excluding carboxylic acids is 1. The quantitative estimate of drug-likeness (QED) is 0.800. The van der Waals surface area contributed by atoms with Gasteiger partial charge in [0.1, 0.15) is 5.75 Å². The highest BCUT2D eigenvalue weighted by Crippen LogP contribution is 2.26. The van der Waals surface area contributed by atoms with Crippen LogP contribution in [0.4, 0.5) is 13.2 Å². The number of nitrogens with two attached hydrogens (primary N) is 1. The van der Waals surface area contributed by atoms with E-state index in [1.54, 1.807) is 4.90 Å². The highest BCUT2D eigenvalue weighted by atomic mass is 32.2. The normalized spacial score (nSPS) is 19.9. The summed E-state index contributed by atoms with van der Waals surface area (Å²) in [6.07, 6.45) is -2.67. The molecule has 2 N–H and O–H groups in total. The lowest BCUT2D eigenvalue weighted by atomic mass is 10.2. The zero-order chi connectivity index (χ0) is 13.8. The summed E-state index contributed by atoms with van der Waals surface area (Å²) in [6.45, 7) is 0.610. The van der Waals surface area contributed by atoms with Crippen LogP contribution in [0, 0.1) is 5.92 Å². The van der Waals surface area contributed by atoms with Crippen molar-refractivity contribution in [3.63, 3.8) is 0 Å². The summed E-state index contributed by atoms with van der Waals surface area (Å²) < 4.78 is 48.8. The van der Waals surface area contributed by atoms with E-state index in [0.29, 0.717) is 13.1 Å². The van der Waals surface area contributed by atoms with Crippen LogP contribution in [-0.4, -0.2) is 52.3 Å². The second-order valence-electron chi connectivity index (χ2n) is 4.31. The summed E-state index contributed by atoms with van der Waals surface area (Å²) in [7, 11) is -1.81. The maximum Gasteiger partial charge on any atom is 0.393 e. The third kappa shape index (κ3) is 4.56. The van der Waals surface area contributed by atoms with Crippen molar-refractivity contribution >= 4 is 16.7 Å². The van der Waals surface area contributed by atoms with Crippen LogP contribution in [-0.2, 0) is 15.6 Å². The molecule has 1 rings (SSSR count). The summed E-state index contributed by atoms with van der Waals surface area (Å²) in [5.74, 6) is -3.07. The fraction of sp³-hybridized carbons (Fsp3) is 0.900. The second kappa shape index (κ2) is 6.51. The van der Waals surface area contributed by atoms with Crippen LogP contribution < -0.4 is 5.73 Å². The maximum atomic E-state index is 12.4. The van der Waals surface area contributed by atoms with E-state index in [4.69, 9.17) is 5.73 Å². The second-order valence-corrected chi connectivity index (χ2v) is 5.81. The van der Waals surface area contributed by atoms with Gasteiger partial charge in [-0.05, 0) is 12.8 Å². The van der Waals surface area contributed by atoms with E-state index in [1.165, 1.54) is 0 Å². The van der Waals surface area contributed by atoms with Gasteiger partial charge in [-0.1, -0.05) is 0 Å². The van der Waals surface area contributed by atoms with Crippen molar-refractivity contribution in [2.24, 2.45) is 11.7 Å². The molecule has 0 saturated carbocycles. The van der Waals surface area contributed by atoms with Gasteiger partial charge >= 0.3 is 6.18 Å². The lowest BCUT2D eigenvalue weighted by Crippen LogP contribution is -2.37. The van der Waals surface area contributed by atoms with Gasteiger partial charge in [-0.3, -0.25) is 9.00 Å². The Morgan fingerprint density at radius 2 is 1.89 bits per heavy atom. The van der Waals surface area contributed by atoms with Crippen molar-refractivity contribution in [3.05, 3.63) is 0 Å². The fourth-order valence-corrected chi connectivity index (χ4v) is 3.12. The molecule has 1 heterocycles. The van der Waals surface area contributed by atoms with Crippen molar-refractivity contribution in [2.45, 2.75) is 19.0 Å². The van der Waals surface area contributed by atoms with Crippen molar-refractivity contribution < 1.29 is 22.2 Å². The van der Waals surface area contributed by atoms with Gasteiger partial charge < -0.3 is 10.6 Å². The van der Waals surface area contributed by atoms with Gasteiger partial charge in [0, 0.05) is 36.2 Å². The van der Waals surface area contributed by atoms with Crippen LogP contribution >= 0.6 is 0 Å². The Kier molecular flexibility index (Phi) is 5.58. The molecule has 1 aliphatic rings. The minimum Gasteiger partial charge on any atom is -0.342 e. The van der Waals surface area contributed by atoms with Crippen LogP contribution in [0.1, 0.15) is 12.8 Å². The van der Waals surface area contributed by atoms with E-state index in [-0.39, 0.29) is 11.7 Å². The maximum absolute atomic E-state index is 12.4. The van der Waals surface area contributed by atoms with Crippen molar-refractivity contribution in [1.29, 1.82) is 0 Å². The van der Waals surface area contributed by atoms with Gasteiger partial charge in [0.2, 0.25) is 5.91 Å². The molecule has 0 aromatic heterocycles. The molecule has 1 aliphatic heterocycles. The van der Waals surface area contributed by atoms with Gasteiger partial charge in [-0.25, -0.2) is 0 Å². The Bertz CT molecular complexity index is 317. The number of likely N-dealkylation sites (tertiary alicyclic amines) is 1. The molecule has 4 nitrogen and oxygen atoms in total. The first-order valence-corrected chi connectivity index (χ1v) is 7.23. The average Bonchev–Trinajstić information content (AvgIpc) is 2.77. The summed E-state index contributed by atoms with van der Waals surface area (Å²) >= 11 is 0. The highest BCUT2D eigenvalue weighted by molar-refractivity contribution is 7.85. The number of halogens is 3. The molecular formula is C10H17F3N2O2S. The van der Waals surface area contributed by atoms with E-state index in [0.717, 1.165) is 12.8 Å². The number of carbonyl (C=O) groups is 1. The molecule has 106 valence electrons. The smallest absolute Gasteiger partial charge is 0.342 e. The van der Waals surface area contributed by atoms with Crippen molar-refractivity contribution in [3.8, 4) is 0 Å². The van der Waals surface area contributed by atoms with Gasteiger partial charge in [0.25, 0.3) is 0 Å². The summed E-state index contributed by atoms with van der Waals surface area (Å²) in [4.78, 5) is 13.1. The highest BCUT2D eigenvalue weighted by Gasteiger charge is 2.39. The lowest BCUT2D eigenvalue weighted by Gasteiger charge is -2.19. The van der Waals surface area contributed by atoms with Crippen LogP contribution in [0.25, 0.3) is 0 Å². The molecule has 1 amide bonds. The Morgan fingerprint density at radius 1 is 1.33 bits per heavy atom. The zero-order valence-electron chi connectivity index (χ0n) is 9.91. The van der Waals surface area contributed by atoms with Gasteiger partial charge in [0.05, 0.1) is 5.92 Å². The number of hydrogen-bond acceptors (Lipinski definition) is 3. The average molecular weight is 286 g/mol. The van der Waals surface area contributed by atoms with Crippen LogP contribution in [0.3, 0.4) is 0 Å². The number of hydrogen-bond donors (Lipinski definition) is 1. The number of amides is 1. The van der Waals surface area contributed by atoms with Crippen molar-refractivity contribution in [1.82, 2.24) is 4.90 Å². The number of nitrogens with zero attached hydrogens (tertiary/aromatic N) is 1. The molecule has 2 unspecified atom stereocenters. The SMILES string of the molecule is NCC(CS(=O)CC(=O)N1CCCC1)C(F)(F)F. The molecule has 1 fully saturated rings. The number of alkyl halides is 3. The van der Waals surface area contributed by atoms with Gasteiger partial charge in [-0.2, -0.15) is 13.2 Å². The van der Waals surface area contributed by atoms with E-state index in [2.05, 4.69) is 0 Å². The molecule has 8 heteroatoms. The minimum atomic E-state index is -4.46. The Hall–Kier alpha value is -0.630. The summed E-state index contributed by atoms with van der Waals surface area (Å²) in [5, 5.41) is 0. The van der Waals surface area contributed by atoms with E-state index < -0.39 is 35.2 Å². The van der Waals surface area contributed by atoms with Crippen LogP contribution in [0.5, 0.6) is 0 Å². The molecule has 0 aliphatic carbocycles. The topological polar surface area (TPSA) is 63.4 Å². The monoisotopic (exact) mass is 286 g/mol. The Balaban J connectivity index is 2.42. The largest absolute Gasteiger partial charge is 0.393 e. The van der Waals surface area contributed by atoms with E-state index in [9.17, 15) is 22.2 Å². The standard InChI is InChI=1S/C10H17F3N2O2S/c11-10(12,13)8(5-14)6-18(17)7-9(16)15-3-1-2-4-15/h8H,1-7,14H2. The first-order valence-electron chi connectivity index (χ1n) is 5.74. The third-order valence-corrected chi connectivity index (χ3v) is 4.22. The summed E-state index contributed by atoms with van der Waals surface area (Å²) in [6, 6.07) is 0. The van der Waals surface area contributed by atoms with E-state index in [1.807, 2.05) is 0 Å². The molecular weight excluding hydrogens is 269 g/mol. The van der Waals surface area contributed by atoms with Crippen LogP contribution in [0.2, 0.25) is 0 Å². The lowest BCUT2D eigenvalue weighted by molar-refractivity contribution is -0.165. The third-order valence-electron chi connectivity index (χ3n) is 2.88. The van der Waals surface area contributed by atoms with Gasteiger partial charge in [0.15, 0.2) is 0 Å². The molecule has 2 atom stereocenters. The predicted octanol–water partition coefficient (Wildman–Crippen LogP) is 0.495. The molecule has 0 bridgehead atoms.